The van der Waals surface area contributed by atoms with E-state index in [1.807, 2.05) is 0 Å². The molecule has 1 rings (SSSR count). The highest BCUT2D eigenvalue weighted by Crippen LogP contribution is 2.47. The third kappa shape index (κ3) is 32.1. The predicted molar refractivity (Wildman–Crippen MR) is 266 cm³/mol. The van der Waals surface area contributed by atoms with Crippen molar-refractivity contribution < 1.29 is 59.0 Å². The zero-order chi connectivity index (χ0) is 48.7. The van der Waals surface area contributed by atoms with Crippen LogP contribution >= 0.6 is 7.82 Å². The number of hydrogen-bond donors (Lipinski definition) is 9. The van der Waals surface area contributed by atoms with E-state index in [1.54, 1.807) is 6.08 Å². The molecule has 0 aromatic heterocycles. The second-order valence-electron chi connectivity index (χ2n) is 18.5. The lowest BCUT2D eigenvalue weighted by Crippen LogP contribution is -2.64. The minimum Gasteiger partial charge on any atom is -0.393 e. The van der Waals surface area contributed by atoms with E-state index >= 15 is 0 Å². The Morgan fingerprint density at radius 2 is 0.939 bits per heavy atom. The van der Waals surface area contributed by atoms with Crippen molar-refractivity contribution in [1.29, 1.82) is 0 Å². The third-order valence-corrected chi connectivity index (χ3v) is 13.4. The van der Waals surface area contributed by atoms with Gasteiger partial charge in [-0.25, -0.2) is 4.57 Å². The van der Waals surface area contributed by atoms with E-state index in [-0.39, 0.29) is 6.42 Å². The van der Waals surface area contributed by atoms with Gasteiger partial charge in [0.05, 0.1) is 31.3 Å². The fourth-order valence-electron chi connectivity index (χ4n) is 8.11. The maximum absolute atomic E-state index is 13.0. The number of phosphoric ester groups is 1. The van der Waals surface area contributed by atoms with Gasteiger partial charge in [0.2, 0.25) is 5.91 Å². The molecule has 0 saturated heterocycles. The van der Waals surface area contributed by atoms with Gasteiger partial charge < -0.3 is 46.0 Å². The number of aliphatic hydroxyl groups excluding tert-OH is 7. The van der Waals surface area contributed by atoms with Crippen molar-refractivity contribution in [2.45, 2.75) is 268 Å². The standard InChI is InChI=1S/C52H96NO12P/c1-3-5-7-9-11-13-15-17-19-20-21-22-23-24-26-28-30-32-34-36-38-40-45(55)44(42-64-66(62,63)65-52-50(60)48(58)47(57)49(59)51(52)61)53-46(56)41-43(54)39-37-35-33-31-29-27-25-18-16-14-12-10-8-6-4-2/h12,14,18,25,30,32,38,40,43-45,47-52,54-55,57-61H,3-11,13,15-17,19-24,26-29,31,33-37,39,41-42H2,1-2H3,(H,53,56)(H,62,63)/b14-12-,25-18-,32-30+,40-38+. The maximum Gasteiger partial charge on any atom is 0.472 e. The number of allylic oxidation sites excluding steroid dienone is 7. The molecule has 0 heterocycles. The van der Waals surface area contributed by atoms with Gasteiger partial charge in [-0.1, -0.05) is 191 Å². The summed E-state index contributed by atoms with van der Waals surface area (Å²) in [4.78, 5) is 23.5. The molecule has 14 heteroatoms. The molecular weight excluding hydrogens is 862 g/mol. The summed E-state index contributed by atoms with van der Waals surface area (Å²) in [7, 11) is -5.16. The Bertz CT molecular complexity index is 1310. The Kier molecular flexibility index (Phi) is 38.8. The van der Waals surface area contributed by atoms with Crippen molar-refractivity contribution in [3.8, 4) is 0 Å². The average molecular weight is 958 g/mol. The molecule has 0 aromatic carbocycles. The van der Waals surface area contributed by atoms with Crippen LogP contribution in [0.2, 0.25) is 0 Å². The zero-order valence-corrected chi connectivity index (χ0v) is 42.0. The summed E-state index contributed by atoms with van der Waals surface area (Å²) in [5.74, 6) is -0.611. The fourth-order valence-corrected chi connectivity index (χ4v) is 9.08. The van der Waals surface area contributed by atoms with E-state index < -0.39 is 75.2 Å². The first kappa shape index (κ1) is 62.3. The van der Waals surface area contributed by atoms with Gasteiger partial charge in [-0.2, -0.15) is 0 Å². The molecular formula is C52H96NO12P. The molecule has 0 aromatic rings. The monoisotopic (exact) mass is 958 g/mol. The van der Waals surface area contributed by atoms with Gasteiger partial charge in [0, 0.05) is 0 Å². The highest BCUT2D eigenvalue weighted by molar-refractivity contribution is 7.47. The molecule has 8 unspecified atom stereocenters. The zero-order valence-electron chi connectivity index (χ0n) is 41.1. The summed E-state index contributed by atoms with van der Waals surface area (Å²) in [6.45, 7) is 3.72. The first-order chi connectivity index (χ1) is 31.8. The van der Waals surface area contributed by atoms with Gasteiger partial charge >= 0.3 is 7.82 Å². The van der Waals surface area contributed by atoms with E-state index in [9.17, 15) is 50.0 Å². The molecule has 13 nitrogen and oxygen atoms in total. The Morgan fingerprint density at radius 1 is 0.545 bits per heavy atom. The van der Waals surface area contributed by atoms with E-state index in [2.05, 4.69) is 55.6 Å². The molecule has 0 bridgehead atoms. The van der Waals surface area contributed by atoms with E-state index in [1.165, 1.54) is 115 Å². The van der Waals surface area contributed by atoms with Gasteiger partial charge in [-0.3, -0.25) is 13.8 Å². The number of nitrogens with one attached hydrogen (secondary N) is 1. The molecule has 9 N–H and O–H groups in total. The first-order valence-electron chi connectivity index (χ1n) is 26.2. The Morgan fingerprint density at radius 3 is 1.45 bits per heavy atom. The van der Waals surface area contributed by atoms with Crippen LogP contribution in [0.3, 0.4) is 0 Å². The molecule has 66 heavy (non-hydrogen) atoms. The normalized spacial score (nSPS) is 22.8. The lowest BCUT2D eigenvalue weighted by molar-refractivity contribution is -0.220. The Balaban J connectivity index is 2.52. The summed E-state index contributed by atoms with van der Waals surface area (Å²) in [6, 6.07) is -1.26. The lowest BCUT2D eigenvalue weighted by atomic mass is 9.85. The van der Waals surface area contributed by atoms with Crippen LogP contribution in [0.15, 0.2) is 48.6 Å². The number of carbonyl (C=O) groups excluding carboxylic acids is 1. The summed E-state index contributed by atoms with van der Waals surface area (Å²) in [5.41, 5.74) is 0. The average Bonchev–Trinajstić information content (AvgIpc) is 3.29. The molecule has 0 spiro atoms. The van der Waals surface area contributed by atoms with Crippen LogP contribution in [-0.2, 0) is 18.4 Å². The van der Waals surface area contributed by atoms with Gasteiger partial charge in [0.25, 0.3) is 0 Å². The summed E-state index contributed by atoms with van der Waals surface area (Å²) in [5, 5.41) is 74.6. The molecule has 386 valence electrons. The highest BCUT2D eigenvalue weighted by atomic mass is 31.2. The fraction of sp³-hybridized carbons (Fsp3) is 0.827. The SMILES string of the molecule is CCCCC/C=C\C/C=C\CCCCCCCC(O)CC(=O)NC(COP(=O)(O)OC1C(O)C(O)C(O)C(O)C1O)C(O)/C=C/CC/C=C/CCCCCCCCCCCCCCCCC. The molecule has 1 aliphatic rings. The third-order valence-electron chi connectivity index (χ3n) is 12.4. The van der Waals surface area contributed by atoms with Crippen LogP contribution in [-0.4, -0.2) is 108 Å². The number of phosphoric acid groups is 1. The number of rotatable bonds is 43. The lowest BCUT2D eigenvalue weighted by Gasteiger charge is -2.41. The molecule has 1 saturated carbocycles. The van der Waals surface area contributed by atoms with Crippen LogP contribution in [0.4, 0.5) is 0 Å². The summed E-state index contributed by atoms with van der Waals surface area (Å²) in [6.07, 6.45) is 36.2. The molecule has 1 aliphatic carbocycles. The van der Waals surface area contributed by atoms with Gasteiger partial charge in [-0.15, -0.1) is 0 Å². The minimum absolute atomic E-state index is 0.263. The van der Waals surface area contributed by atoms with Crippen molar-refractivity contribution in [2.75, 3.05) is 6.61 Å². The number of hydrogen-bond acceptors (Lipinski definition) is 11. The van der Waals surface area contributed by atoms with Crippen molar-refractivity contribution in [2.24, 2.45) is 0 Å². The Labute approximate surface area is 399 Å². The van der Waals surface area contributed by atoms with Crippen molar-refractivity contribution in [1.82, 2.24) is 5.32 Å². The van der Waals surface area contributed by atoms with Crippen molar-refractivity contribution >= 4 is 13.7 Å². The van der Waals surface area contributed by atoms with Crippen LogP contribution in [0.1, 0.15) is 213 Å². The first-order valence-corrected chi connectivity index (χ1v) is 27.7. The summed E-state index contributed by atoms with van der Waals surface area (Å²) >= 11 is 0. The van der Waals surface area contributed by atoms with Gasteiger partial charge in [0.15, 0.2) is 0 Å². The predicted octanol–water partition coefficient (Wildman–Crippen LogP) is 9.87. The molecule has 0 aliphatic heterocycles. The quantitative estimate of drug-likeness (QED) is 0.0158. The Hall–Kier alpha value is -1.74. The molecule has 1 fully saturated rings. The highest BCUT2D eigenvalue weighted by Gasteiger charge is 2.51. The molecule has 1 amide bonds. The van der Waals surface area contributed by atoms with E-state index in [0.717, 1.165) is 70.6 Å². The van der Waals surface area contributed by atoms with Crippen LogP contribution in [0, 0.1) is 0 Å². The smallest absolute Gasteiger partial charge is 0.393 e. The second kappa shape index (κ2) is 41.1. The summed E-state index contributed by atoms with van der Waals surface area (Å²) < 4.78 is 22.9. The molecule has 8 atom stereocenters. The van der Waals surface area contributed by atoms with Crippen molar-refractivity contribution in [3.05, 3.63) is 48.6 Å². The topological polar surface area (TPSA) is 226 Å². The number of unbranched alkanes of at least 4 members (excludes halogenated alkanes) is 24. The van der Waals surface area contributed by atoms with Gasteiger partial charge in [-0.05, 0) is 64.2 Å². The van der Waals surface area contributed by atoms with Crippen LogP contribution in [0.25, 0.3) is 0 Å². The minimum atomic E-state index is -5.16. The van der Waals surface area contributed by atoms with Crippen LogP contribution < -0.4 is 5.32 Å². The maximum atomic E-state index is 13.0. The largest absolute Gasteiger partial charge is 0.472 e. The van der Waals surface area contributed by atoms with Crippen LogP contribution in [0.5, 0.6) is 0 Å². The van der Waals surface area contributed by atoms with E-state index in [4.69, 9.17) is 9.05 Å². The van der Waals surface area contributed by atoms with Crippen molar-refractivity contribution in [3.63, 3.8) is 0 Å². The second-order valence-corrected chi connectivity index (χ2v) is 20.0. The number of amides is 1. The van der Waals surface area contributed by atoms with Gasteiger partial charge in [0.1, 0.15) is 36.6 Å². The number of carbonyl (C=O) groups is 1. The number of aliphatic hydroxyl groups is 7. The van der Waals surface area contributed by atoms with E-state index in [0.29, 0.717) is 12.8 Å². The molecule has 0 radical (unpaired) electrons.